The molecular weight excluding hydrogens is 492 g/mol. The van der Waals surface area contributed by atoms with Gasteiger partial charge in [-0.05, 0) is 64.7 Å². The Morgan fingerprint density at radius 2 is 1.94 bits per heavy atom. The third kappa shape index (κ3) is 8.57. The van der Waals surface area contributed by atoms with E-state index >= 15 is 0 Å². The predicted octanol–water partition coefficient (Wildman–Crippen LogP) is 3.15. The Hall–Kier alpha value is -3.40. The molecule has 0 unspecified atom stereocenters. The van der Waals surface area contributed by atoms with Gasteiger partial charge in [-0.1, -0.05) is 25.5 Å². The Morgan fingerprint density at radius 3 is 2.64 bits per heavy atom. The molecule has 2 aromatic rings. The molecule has 2 aromatic carbocycles. The van der Waals surface area contributed by atoms with E-state index in [0.717, 1.165) is 18.4 Å². The number of carbonyl (C=O) groups excluding carboxylic acids is 3. The average Bonchev–Trinajstić information content (AvgIpc) is 2.78. The molecule has 0 bridgehead atoms. The van der Waals surface area contributed by atoms with Crippen LogP contribution in [0.25, 0.3) is 0 Å². The number of anilines is 1. The van der Waals surface area contributed by atoms with Gasteiger partial charge in [0.15, 0.2) is 18.1 Å². The SMILES string of the molecule is CCCCNC(=O)C(=O)N/N=C\c1cc(Br)c(OCC(=O)Nc2cccc(C)c2)c(OC)c1. The Bertz CT molecular complexity index is 1030. The van der Waals surface area contributed by atoms with E-state index in [9.17, 15) is 14.4 Å². The lowest BCUT2D eigenvalue weighted by molar-refractivity contribution is -0.139. The van der Waals surface area contributed by atoms with Gasteiger partial charge in [0.25, 0.3) is 5.91 Å². The minimum atomic E-state index is -0.854. The van der Waals surface area contributed by atoms with Crippen molar-refractivity contribution in [2.45, 2.75) is 26.7 Å². The van der Waals surface area contributed by atoms with Crippen LogP contribution < -0.4 is 25.5 Å². The van der Waals surface area contributed by atoms with Gasteiger partial charge in [-0.25, -0.2) is 5.43 Å². The number of amides is 3. The number of ether oxygens (including phenoxy) is 2. The molecule has 10 heteroatoms. The minimum absolute atomic E-state index is 0.223. The molecule has 3 amide bonds. The lowest BCUT2D eigenvalue weighted by Crippen LogP contribution is -2.38. The maximum atomic E-state index is 12.2. The van der Waals surface area contributed by atoms with Gasteiger partial charge in [0.05, 0.1) is 17.8 Å². The van der Waals surface area contributed by atoms with E-state index in [1.165, 1.54) is 13.3 Å². The van der Waals surface area contributed by atoms with Crippen molar-refractivity contribution in [2.75, 3.05) is 25.6 Å². The van der Waals surface area contributed by atoms with E-state index in [-0.39, 0.29) is 12.5 Å². The molecule has 0 atom stereocenters. The fourth-order valence-corrected chi connectivity index (χ4v) is 3.26. The van der Waals surface area contributed by atoms with Crippen molar-refractivity contribution in [1.29, 1.82) is 0 Å². The van der Waals surface area contributed by atoms with Crippen LogP contribution in [0.1, 0.15) is 30.9 Å². The number of benzene rings is 2. The summed E-state index contributed by atoms with van der Waals surface area (Å²) in [6.45, 7) is 4.13. The minimum Gasteiger partial charge on any atom is -0.493 e. The Balaban J connectivity index is 1.96. The summed E-state index contributed by atoms with van der Waals surface area (Å²) < 4.78 is 11.5. The van der Waals surface area contributed by atoms with Gasteiger partial charge in [0.1, 0.15) is 0 Å². The molecule has 0 spiro atoms. The van der Waals surface area contributed by atoms with E-state index in [0.29, 0.717) is 33.8 Å². The molecule has 0 aliphatic rings. The number of hydrogen-bond donors (Lipinski definition) is 3. The molecule has 0 aromatic heterocycles. The normalized spacial score (nSPS) is 10.5. The summed E-state index contributed by atoms with van der Waals surface area (Å²) >= 11 is 3.39. The summed E-state index contributed by atoms with van der Waals surface area (Å²) in [7, 11) is 1.46. The summed E-state index contributed by atoms with van der Waals surface area (Å²) in [6, 6.07) is 10.7. The largest absolute Gasteiger partial charge is 0.493 e. The summed E-state index contributed by atoms with van der Waals surface area (Å²) in [5.41, 5.74) is 4.46. The Kier molecular flexibility index (Phi) is 10.4. The van der Waals surface area contributed by atoms with Gasteiger partial charge in [-0.2, -0.15) is 5.10 Å². The van der Waals surface area contributed by atoms with Crippen LogP contribution in [0.2, 0.25) is 0 Å². The Labute approximate surface area is 201 Å². The first-order valence-corrected chi connectivity index (χ1v) is 11.1. The molecule has 0 radical (unpaired) electrons. The first-order chi connectivity index (χ1) is 15.8. The van der Waals surface area contributed by atoms with Crippen LogP contribution in [0, 0.1) is 6.92 Å². The van der Waals surface area contributed by atoms with Gasteiger partial charge in [-0.3, -0.25) is 14.4 Å². The van der Waals surface area contributed by atoms with Crippen molar-refractivity contribution in [3.8, 4) is 11.5 Å². The van der Waals surface area contributed by atoms with Crippen molar-refractivity contribution in [2.24, 2.45) is 5.10 Å². The fourth-order valence-electron chi connectivity index (χ4n) is 2.69. The molecule has 0 aliphatic heterocycles. The van der Waals surface area contributed by atoms with Crippen LogP contribution in [0.4, 0.5) is 5.69 Å². The topological polar surface area (TPSA) is 118 Å². The molecule has 0 heterocycles. The smallest absolute Gasteiger partial charge is 0.329 e. The molecule has 0 saturated heterocycles. The summed E-state index contributed by atoms with van der Waals surface area (Å²) in [4.78, 5) is 35.6. The predicted molar refractivity (Wildman–Crippen MR) is 130 cm³/mol. The van der Waals surface area contributed by atoms with Crippen molar-refractivity contribution in [3.63, 3.8) is 0 Å². The number of hydrazone groups is 1. The summed E-state index contributed by atoms with van der Waals surface area (Å²) in [5.74, 6) is -1.22. The number of hydrogen-bond acceptors (Lipinski definition) is 6. The molecular formula is C23H27BrN4O5. The third-order valence-electron chi connectivity index (χ3n) is 4.30. The third-order valence-corrected chi connectivity index (χ3v) is 4.89. The van der Waals surface area contributed by atoms with Gasteiger partial charge >= 0.3 is 11.8 Å². The van der Waals surface area contributed by atoms with Gasteiger partial charge in [-0.15, -0.1) is 0 Å². The number of rotatable bonds is 10. The van der Waals surface area contributed by atoms with Crippen LogP contribution in [0.5, 0.6) is 11.5 Å². The maximum Gasteiger partial charge on any atom is 0.329 e. The number of carbonyl (C=O) groups is 3. The number of methoxy groups -OCH3 is 1. The van der Waals surface area contributed by atoms with Gasteiger partial charge in [0.2, 0.25) is 0 Å². The average molecular weight is 519 g/mol. The number of nitrogens with one attached hydrogen (secondary N) is 3. The zero-order chi connectivity index (χ0) is 24.2. The summed E-state index contributed by atoms with van der Waals surface area (Å²) in [6.07, 6.45) is 3.06. The van der Waals surface area contributed by atoms with Crippen LogP contribution >= 0.6 is 15.9 Å². The molecule has 0 aliphatic carbocycles. The molecule has 33 heavy (non-hydrogen) atoms. The second kappa shape index (κ2) is 13.2. The van der Waals surface area contributed by atoms with E-state index < -0.39 is 11.8 Å². The highest BCUT2D eigenvalue weighted by Crippen LogP contribution is 2.36. The Morgan fingerprint density at radius 1 is 1.15 bits per heavy atom. The lowest BCUT2D eigenvalue weighted by Gasteiger charge is -2.13. The molecule has 2 rings (SSSR count). The number of halogens is 1. The molecule has 0 saturated carbocycles. The highest BCUT2D eigenvalue weighted by atomic mass is 79.9. The number of unbranched alkanes of at least 4 members (excludes halogenated alkanes) is 1. The zero-order valence-corrected chi connectivity index (χ0v) is 20.3. The molecule has 0 fully saturated rings. The van der Waals surface area contributed by atoms with Crippen molar-refractivity contribution >= 4 is 45.6 Å². The standard InChI is InChI=1S/C23H27BrN4O5/c1-4-5-9-25-22(30)23(31)28-26-13-16-11-18(24)21(19(12-16)32-3)33-14-20(29)27-17-8-6-7-15(2)10-17/h6-8,10-13H,4-5,9,14H2,1-3H3,(H,25,30)(H,27,29)(H,28,31)/b26-13-. The highest BCUT2D eigenvalue weighted by molar-refractivity contribution is 9.10. The van der Waals surface area contributed by atoms with Crippen LogP contribution in [-0.4, -0.2) is 44.2 Å². The molecule has 3 N–H and O–H groups in total. The van der Waals surface area contributed by atoms with E-state index in [2.05, 4.69) is 37.1 Å². The van der Waals surface area contributed by atoms with Gasteiger partial charge in [0, 0.05) is 12.2 Å². The van der Waals surface area contributed by atoms with Crippen LogP contribution in [-0.2, 0) is 14.4 Å². The summed E-state index contributed by atoms with van der Waals surface area (Å²) in [5, 5.41) is 9.08. The van der Waals surface area contributed by atoms with Gasteiger partial charge < -0.3 is 20.1 Å². The van der Waals surface area contributed by atoms with Crippen LogP contribution in [0.15, 0.2) is 46.0 Å². The van der Waals surface area contributed by atoms with Crippen molar-refractivity contribution in [3.05, 3.63) is 52.0 Å². The fraction of sp³-hybridized carbons (Fsp3) is 0.304. The van der Waals surface area contributed by atoms with Crippen molar-refractivity contribution < 1.29 is 23.9 Å². The monoisotopic (exact) mass is 518 g/mol. The first-order valence-electron chi connectivity index (χ1n) is 10.3. The van der Waals surface area contributed by atoms with Crippen LogP contribution in [0.3, 0.4) is 0 Å². The number of aryl methyl sites for hydroxylation is 1. The maximum absolute atomic E-state index is 12.2. The molecule has 9 nitrogen and oxygen atoms in total. The second-order valence-electron chi connectivity index (χ2n) is 7.05. The quantitative estimate of drug-likeness (QED) is 0.193. The van der Waals surface area contributed by atoms with E-state index in [1.807, 2.05) is 32.0 Å². The number of nitrogens with zero attached hydrogens (tertiary/aromatic N) is 1. The first kappa shape index (κ1) is 25.9. The lowest BCUT2D eigenvalue weighted by atomic mass is 10.2. The highest BCUT2D eigenvalue weighted by Gasteiger charge is 2.14. The van der Waals surface area contributed by atoms with Crippen molar-refractivity contribution in [1.82, 2.24) is 10.7 Å². The van der Waals surface area contributed by atoms with E-state index in [1.54, 1.807) is 18.2 Å². The van der Waals surface area contributed by atoms with E-state index in [4.69, 9.17) is 9.47 Å². The molecule has 176 valence electrons. The second-order valence-corrected chi connectivity index (χ2v) is 7.90. The zero-order valence-electron chi connectivity index (χ0n) is 18.7.